The molecule has 0 aromatic rings. The number of aliphatic hydroxyl groups is 8. The monoisotopic (exact) mass is 986 g/mol. The maximum absolute atomic E-state index is 13.1. The molecule has 9 N–H and O–H groups in total. The second kappa shape index (κ2) is 41.9. The molecule has 1 amide bonds. The molecular weight excluding hydrogens is 883 g/mol. The van der Waals surface area contributed by atoms with Crippen LogP contribution in [0.4, 0.5) is 0 Å². The summed E-state index contributed by atoms with van der Waals surface area (Å²) in [5.74, 6) is -0.213. The van der Waals surface area contributed by atoms with Gasteiger partial charge in [0.25, 0.3) is 0 Å². The van der Waals surface area contributed by atoms with Crippen molar-refractivity contribution in [3.63, 3.8) is 0 Å². The van der Waals surface area contributed by atoms with Gasteiger partial charge in [0.1, 0.15) is 48.8 Å². The van der Waals surface area contributed by atoms with E-state index in [1.807, 2.05) is 0 Å². The highest BCUT2D eigenvalue weighted by Gasteiger charge is 2.51. The maximum Gasteiger partial charge on any atom is 0.220 e. The van der Waals surface area contributed by atoms with Gasteiger partial charge in [-0.2, -0.15) is 0 Å². The first-order valence-electron chi connectivity index (χ1n) is 28.1. The van der Waals surface area contributed by atoms with Crippen LogP contribution in [0, 0.1) is 0 Å². The molecule has 12 unspecified atom stereocenters. The minimum Gasteiger partial charge on any atom is -0.394 e. The van der Waals surface area contributed by atoms with E-state index in [0.717, 1.165) is 57.8 Å². The van der Waals surface area contributed by atoms with Crippen molar-refractivity contribution in [2.75, 3.05) is 19.8 Å². The van der Waals surface area contributed by atoms with E-state index in [2.05, 4.69) is 43.5 Å². The fraction of sp³-hybridized carbons (Fsp3) is 0.909. The summed E-state index contributed by atoms with van der Waals surface area (Å²) in [5.41, 5.74) is 0. The number of ether oxygens (including phenoxy) is 4. The van der Waals surface area contributed by atoms with Gasteiger partial charge in [-0.15, -0.1) is 0 Å². The molecular formula is C55H103NO13. The van der Waals surface area contributed by atoms with Gasteiger partial charge in [0, 0.05) is 6.42 Å². The van der Waals surface area contributed by atoms with Gasteiger partial charge in [0.2, 0.25) is 5.91 Å². The van der Waals surface area contributed by atoms with Crippen molar-refractivity contribution < 1.29 is 64.6 Å². The number of aliphatic hydroxyl groups excluding tert-OH is 8. The number of carbonyl (C=O) groups is 1. The van der Waals surface area contributed by atoms with Crippen molar-refractivity contribution in [1.82, 2.24) is 5.32 Å². The number of amides is 1. The molecule has 0 radical (unpaired) electrons. The van der Waals surface area contributed by atoms with Gasteiger partial charge < -0.3 is 65.1 Å². The first kappa shape index (κ1) is 63.6. The molecule has 2 saturated heterocycles. The summed E-state index contributed by atoms with van der Waals surface area (Å²) in [6.45, 7) is 2.72. The Morgan fingerprint density at radius 2 is 0.957 bits per heavy atom. The van der Waals surface area contributed by atoms with Crippen LogP contribution in [-0.2, 0) is 23.7 Å². The van der Waals surface area contributed by atoms with Gasteiger partial charge in [-0.25, -0.2) is 0 Å². The molecule has 14 nitrogen and oxygen atoms in total. The number of unbranched alkanes of at least 4 members (excludes halogenated alkanes) is 27. The molecule has 69 heavy (non-hydrogen) atoms. The van der Waals surface area contributed by atoms with E-state index in [0.29, 0.717) is 12.8 Å². The molecule has 0 bridgehead atoms. The van der Waals surface area contributed by atoms with Gasteiger partial charge in [-0.3, -0.25) is 4.79 Å². The lowest BCUT2D eigenvalue weighted by molar-refractivity contribution is -0.359. The van der Waals surface area contributed by atoms with Crippen LogP contribution in [-0.4, -0.2) is 140 Å². The normalized spacial score (nSPS) is 26.3. The minimum absolute atomic E-state index is 0.213. The molecule has 0 aliphatic carbocycles. The summed E-state index contributed by atoms with van der Waals surface area (Å²) in [6.07, 6.45) is 31.5. The number of nitrogens with one attached hydrogen (secondary N) is 1. The number of allylic oxidation sites excluding steroid dienone is 4. The SMILES string of the molecule is CCCCCCC/C=C\C/C=C\CCCCCCCCCCCCCCCCCCCCCC(=O)NC(COC1OC(CO)C(OC2OC(CO)C(O)C(O)C2O)C(O)C1O)C(O)CCCCCC. The van der Waals surface area contributed by atoms with E-state index >= 15 is 0 Å². The first-order chi connectivity index (χ1) is 33.6. The third kappa shape index (κ3) is 28.5. The Kier molecular flexibility index (Phi) is 38.6. The van der Waals surface area contributed by atoms with Crippen LogP contribution < -0.4 is 5.32 Å². The Hall–Kier alpha value is -1.53. The summed E-state index contributed by atoms with van der Waals surface area (Å²) in [4.78, 5) is 13.1. The Labute approximate surface area is 418 Å². The van der Waals surface area contributed by atoms with E-state index in [-0.39, 0.29) is 12.5 Å². The van der Waals surface area contributed by atoms with Gasteiger partial charge in [0.15, 0.2) is 12.6 Å². The quantitative estimate of drug-likeness (QED) is 0.0206. The molecule has 0 aromatic heterocycles. The molecule has 2 fully saturated rings. The number of hydrogen-bond acceptors (Lipinski definition) is 13. The Bertz CT molecular complexity index is 1260. The van der Waals surface area contributed by atoms with E-state index < -0.39 is 86.8 Å². The van der Waals surface area contributed by atoms with Crippen LogP contribution in [0.5, 0.6) is 0 Å². The standard InChI is InChI=1S/C55H103NO13/c1-3-5-7-9-10-11-12-13-14-15-16-17-18-19-20-21-22-23-24-25-26-27-28-29-30-31-32-33-34-35-37-39-47(60)56-43(44(59)38-36-8-6-4-2)42-66-54-52(65)50(63)53(46(41-58)68-54)69-55-51(64)49(62)48(61)45(40-57)67-55/h12-13,15-16,43-46,48-55,57-59,61-65H,3-11,14,17-42H2,1-2H3,(H,56,60)/b13-12-,16-15-. The molecule has 0 saturated carbocycles. The van der Waals surface area contributed by atoms with Crippen molar-refractivity contribution in [1.29, 1.82) is 0 Å². The first-order valence-corrected chi connectivity index (χ1v) is 28.1. The van der Waals surface area contributed by atoms with Crippen LogP contribution >= 0.6 is 0 Å². The Morgan fingerprint density at radius 3 is 1.45 bits per heavy atom. The molecule has 2 heterocycles. The fourth-order valence-corrected chi connectivity index (χ4v) is 9.33. The molecule has 14 heteroatoms. The van der Waals surface area contributed by atoms with Crippen molar-refractivity contribution in [2.45, 2.75) is 299 Å². The number of carbonyl (C=O) groups excluding carboxylic acids is 1. The molecule has 12 atom stereocenters. The summed E-state index contributed by atoms with van der Waals surface area (Å²) >= 11 is 0. The van der Waals surface area contributed by atoms with Crippen molar-refractivity contribution in [3.8, 4) is 0 Å². The molecule has 2 rings (SSSR count). The molecule has 406 valence electrons. The highest BCUT2D eigenvalue weighted by atomic mass is 16.7. The summed E-state index contributed by atoms with van der Waals surface area (Å²) in [6, 6.07) is -0.821. The van der Waals surface area contributed by atoms with Gasteiger partial charge >= 0.3 is 0 Å². The van der Waals surface area contributed by atoms with E-state index in [9.17, 15) is 45.6 Å². The van der Waals surface area contributed by atoms with Crippen molar-refractivity contribution >= 4 is 5.91 Å². The van der Waals surface area contributed by atoms with E-state index in [4.69, 9.17) is 18.9 Å². The largest absolute Gasteiger partial charge is 0.394 e. The zero-order valence-electron chi connectivity index (χ0n) is 43.3. The van der Waals surface area contributed by atoms with Crippen LogP contribution in [0.25, 0.3) is 0 Å². The zero-order valence-corrected chi connectivity index (χ0v) is 43.3. The number of hydrogen-bond donors (Lipinski definition) is 9. The lowest BCUT2D eigenvalue weighted by atomic mass is 9.97. The summed E-state index contributed by atoms with van der Waals surface area (Å²) in [5, 5.41) is 86.3. The molecule has 0 spiro atoms. The van der Waals surface area contributed by atoms with Crippen molar-refractivity contribution in [2.24, 2.45) is 0 Å². The Balaban J connectivity index is 1.53. The highest BCUT2D eigenvalue weighted by molar-refractivity contribution is 5.76. The lowest BCUT2D eigenvalue weighted by Crippen LogP contribution is -2.65. The van der Waals surface area contributed by atoms with Gasteiger partial charge in [0.05, 0.1) is 32.0 Å². The maximum atomic E-state index is 13.1. The third-order valence-electron chi connectivity index (χ3n) is 13.9. The van der Waals surface area contributed by atoms with Crippen LogP contribution in [0.1, 0.15) is 226 Å². The van der Waals surface area contributed by atoms with E-state index in [1.54, 1.807) is 0 Å². The second-order valence-corrected chi connectivity index (χ2v) is 20.1. The van der Waals surface area contributed by atoms with E-state index in [1.165, 1.54) is 141 Å². The minimum atomic E-state index is -1.78. The van der Waals surface area contributed by atoms with Crippen LogP contribution in [0.2, 0.25) is 0 Å². The third-order valence-corrected chi connectivity index (χ3v) is 13.9. The van der Waals surface area contributed by atoms with Crippen LogP contribution in [0.3, 0.4) is 0 Å². The topological polar surface area (TPSA) is 228 Å². The van der Waals surface area contributed by atoms with Crippen molar-refractivity contribution in [3.05, 3.63) is 24.3 Å². The predicted octanol–water partition coefficient (Wildman–Crippen LogP) is 8.50. The lowest BCUT2D eigenvalue weighted by Gasteiger charge is -2.46. The fourth-order valence-electron chi connectivity index (χ4n) is 9.33. The predicted molar refractivity (Wildman–Crippen MR) is 272 cm³/mol. The van der Waals surface area contributed by atoms with Crippen LogP contribution in [0.15, 0.2) is 24.3 Å². The second-order valence-electron chi connectivity index (χ2n) is 20.1. The van der Waals surface area contributed by atoms with Gasteiger partial charge in [-0.05, 0) is 44.9 Å². The number of rotatable bonds is 44. The summed E-state index contributed by atoms with van der Waals surface area (Å²) < 4.78 is 22.6. The smallest absolute Gasteiger partial charge is 0.220 e. The highest BCUT2D eigenvalue weighted by Crippen LogP contribution is 2.30. The molecule has 2 aliphatic heterocycles. The van der Waals surface area contributed by atoms with Gasteiger partial charge in [-0.1, -0.05) is 199 Å². The average Bonchev–Trinajstić information content (AvgIpc) is 3.35. The zero-order chi connectivity index (χ0) is 50.3. The Morgan fingerprint density at radius 1 is 0.522 bits per heavy atom. The summed E-state index contributed by atoms with van der Waals surface area (Å²) in [7, 11) is 0. The molecule has 2 aliphatic rings. The molecule has 0 aromatic carbocycles. The average molecular weight is 986 g/mol.